The second-order valence-corrected chi connectivity index (χ2v) is 8.98. The van der Waals surface area contributed by atoms with Crippen molar-refractivity contribution in [1.29, 1.82) is 0 Å². The molecule has 4 aromatic rings. The minimum Gasteiger partial charge on any atom is -0.497 e. The van der Waals surface area contributed by atoms with E-state index in [4.69, 9.17) is 18.9 Å². The zero-order valence-electron chi connectivity index (χ0n) is 22.4. The molecule has 0 bridgehead atoms. The lowest BCUT2D eigenvalue weighted by molar-refractivity contribution is 0.374. The van der Waals surface area contributed by atoms with Crippen LogP contribution in [0, 0.1) is 0 Å². The van der Waals surface area contributed by atoms with E-state index in [-0.39, 0.29) is 12.1 Å². The summed E-state index contributed by atoms with van der Waals surface area (Å²) in [7, 11) is 6.67. The van der Waals surface area contributed by atoms with Crippen LogP contribution in [0.1, 0.15) is 34.3 Å². The lowest BCUT2D eigenvalue weighted by atomic mass is 9.92. The minimum absolute atomic E-state index is 0.0247. The van der Waals surface area contributed by atoms with Crippen molar-refractivity contribution in [2.24, 2.45) is 0 Å². The summed E-state index contributed by atoms with van der Waals surface area (Å²) < 4.78 is 22.0. The highest BCUT2D eigenvalue weighted by molar-refractivity contribution is 5.40. The van der Waals surface area contributed by atoms with E-state index < -0.39 is 0 Å². The molecule has 0 heterocycles. The van der Waals surface area contributed by atoms with Crippen LogP contribution in [-0.4, -0.2) is 28.4 Å². The van der Waals surface area contributed by atoms with Crippen molar-refractivity contribution in [3.8, 4) is 23.0 Å². The average Bonchev–Trinajstić information content (AvgIpc) is 2.99. The molecule has 0 aromatic heterocycles. The monoisotopic (exact) mass is 512 g/mol. The summed E-state index contributed by atoms with van der Waals surface area (Å²) in [6.45, 7) is 1.26. The van der Waals surface area contributed by atoms with Crippen LogP contribution in [0.25, 0.3) is 0 Å². The van der Waals surface area contributed by atoms with Gasteiger partial charge in [0.05, 0.1) is 40.5 Å². The van der Waals surface area contributed by atoms with E-state index in [0.29, 0.717) is 13.1 Å². The fourth-order valence-corrected chi connectivity index (χ4v) is 4.57. The zero-order valence-corrected chi connectivity index (χ0v) is 22.4. The molecule has 0 spiro atoms. The number of ether oxygens (including phenoxy) is 4. The maximum Gasteiger partial charge on any atom is 0.122 e. The number of hydrogen-bond donors (Lipinski definition) is 2. The molecule has 0 saturated carbocycles. The van der Waals surface area contributed by atoms with Gasteiger partial charge in [-0.3, -0.25) is 0 Å². The second kappa shape index (κ2) is 13.5. The van der Waals surface area contributed by atoms with Crippen molar-refractivity contribution in [2.75, 3.05) is 28.4 Å². The normalized spacial score (nSPS) is 12.4. The quantitative estimate of drug-likeness (QED) is 0.226. The maximum atomic E-state index is 5.49. The van der Waals surface area contributed by atoms with E-state index in [2.05, 4.69) is 59.2 Å². The molecule has 0 fully saturated rings. The Hall–Kier alpha value is -4.00. The molecule has 4 rings (SSSR count). The van der Waals surface area contributed by atoms with E-state index in [9.17, 15) is 0 Å². The molecule has 2 N–H and O–H groups in total. The number of benzene rings is 4. The molecular weight excluding hydrogens is 476 g/mol. The number of hydrogen-bond acceptors (Lipinski definition) is 6. The lowest BCUT2D eigenvalue weighted by Crippen LogP contribution is -2.35. The van der Waals surface area contributed by atoms with Crippen LogP contribution < -0.4 is 29.6 Å². The lowest BCUT2D eigenvalue weighted by Gasteiger charge is -2.30. The predicted octanol–water partition coefficient (Wildman–Crippen LogP) is 6.08. The molecule has 0 amide bonds. The van der Waals surface area contributed by atoms with Gasteiger partial charge in [-0.2, -0.15) is 0 Å². The van der Waals surface area contributed by atoms with Crippen molar-refractivity contribution in [3.05, 3.63) is 119 Å². The molecule has 6 heteroatoms. The summed E-state index contributed by atoms with van der Waals surface area (Å²) in [5.41, 5.74) is 4.52. The van der Waals surface area contributed by atoms with Crippen LogP contribution in [-0.2, 0) is 13.1 Å². The fraction of sp³-hybridized carbons (Fsp3) is 0.250. The van der Waals surface area contributed by atoms with Crippen molar-refractivity contribution < 1.29 is 18.9 Å². The van der Waals surface area contributed by atoms with Gasteiger partial charge in [-0.1, -0.05) is 60.7 Å². The van der Waals surface area contributed by atoms with Gasteiger partial charge in [0.15, 0.2) is 0 Å². The second-order valence-electron chi connectivity index (χ2n) is 8.98. The third-order valence-electron chi connectivity index (χ3n) is 6.53. The fourth-order valence-electron chi connectivity index (χ4n) is 4.57. The Kier molecular flexibility index (Phi) is 9.62. The standard InChI is InChI=1S/C32H36N2O4/c1-35-27-15-23(16-28(19-27)36-2)21-33-31(25-11-7-5-8-12-25)32(26-13-9-6-10-14-26)34-22-24-17-29(37-3)20-30(18-24)38-4/h5-20,31-34H,21-22H2,1-4H3/t31-,32-/m0/s1. The molecule has 0 unspecified atom stereocenters. The minimum atomic E-state index is -0.0247. The molecule has 2 atom stereocenters. The highest BCUT2D eigenvalue weighted by atomic mass is 16.5. The average molecular weight is 513 g/mol. The smallest absolute Gasteiger partial charge is 0.122 e. The number of methoxy groups -OCH3 is 4. The largest absolute Gasteiger partial charge is 0.497 e. The Morgan fingerprint density at radius 3 is 1.08 bits per heavy atom. The summed E-state index contributed by atoms with van der Waals surface area (Å²) in [5, 5.41) is 7.62. The van der Waals surface area contributed by atoms with Gasteiger partial charge < -0.3 is 29.6 Å². The Morgan fingerprint density at radius 1 is 0.474 bits per heavy atom. The van der Waals surface area contributed by atoms with E-state index in [0.717, 1.165) is 34.1 Å². The Labute approximate surface area is 225 Å². The Bertz CT molecular complexity index is 1140. The van der Waals surface area contributed by atoms with Gasteiger partial charge in [-0.15, -0.1) is 0 Å². The van der Waals surface area contributed by atoms with Gasteiger partial charge in [0, 0.05) is 25.2 Å². The summed E-state index contributed by atoms with van der Waals surface area (Å²) in [6, 6.07) is 32.9. The molecule has 0 aliphatic rings. The summed E-state index contributed by atoms with van der Waals surface area (Å²) in [5.74, 6) is 3.06. The molecule has 38 heavy (non-hydrogen) atoms. The van der Waals surface area contributed by atoms with Crippen molar-refractivity contribution in [1.82, 2.24) is 10.6 Å². The van der Waals surface area contributed by atoms with Gasteiger partial charge in [0.1, 0.15) is 23.0 Å². The first-order valence-corrected chi connectivity index (χ1v) is 12.6. The van der Waals surface area contributed by atoms with Gasteiger partial charge in [-0.05, 0) is 46.5 Å². The maximum absolute atomic E-state index is 5.49. The first-order chi connectivity index (χ1) is 18.6. The van der Waals surface area contributed by atoms with E-state index in [1.54, 1.807) is 28.4 Å². The predicted molar refractivity (Wildman–Crippen MR) is 151 cm³/mol. The highest BCUT2D eigenvalue weighted by Gasteiger charge is 2.24. The molecule has 4 aromatic carbocycles. The van der Waals surface area contributed by atoms with Crippen molar-refractivity contribution in [3.63, 3.8) is 0 Å². The van der Waals surface area contributed by atoms with Crippen LogP contribution >= 0.6 is 0 Å². The first kappa shape index (κ1) is 27.0. The number of nitrogens with one attached hydrogen (secondary N) is 2. The molecule has 0 aliphatic heterocycles. The van der Waals surface area contributed by atoms with Gasteiger partial charge in [-0.25, -0.2) is 0 Å². The van der Waals surface area contributed by atoms with Crippen LogP contribution in [0.3, 0.4) is 0 Å². The molecule has 0 aliphatic carbocycles. The molecule has 6 nitrogen and oxygen atoms in total. The van der Waals surface area contributed by atoms with E-state index in [1.807, 2.05) is 48.5 Å². The summed E-state index contributed by atoms with van der Waals surface area (Å²) in [4.78, 5) is 0. The number of rotatable bonds is 13. The third kappa shape index (κ3) is 7.06. The highest BCUT2D eigenvalue weighted by Crippen LogP contribution is 2.31. The van der Waals surface area contributed by atoms with Crippen LogP contribution in [0.5, 0.6) is 23.0 Å². The van der Waals surface area contributed by atoms with Gasteiger partial charge >= 0.3 is 0 Å². The first-order valence-electron chi connectivity index (χ1n) is 12.6. The summed E-state index contributed by atoms with van der Waals surface area (Å²) in [6.07, 6.45) is 0. The van der Waals surface area contributed by atoms with E-state index in [1.165, 1.54) is 11.1 Å². The van der Waals surface area contributed by atoms with Crippen molar-refractivity contribution >= 4 is 0 Å². The molecular formula is C32H36N2O4. The third-order valence-corrected chi connectivity index (χ3v) is 6.53. The van der Waals surface area contributed by atoms with Crippen LogP contribution in [0.4, 0.5) is 0 Å². The van der Waals surface area contributed by atoms with Gasteiger partial charge in [0.25, 0.3) is 0 Å². The Balaban J connectivity index is 1.66. The SMILES string of the molecule is COc1cc(CN[C@@H](c2ccccc2)[C@@H](NCc2cc(OC)cc(OC)c2)c2ccccc2)cc(OC)c1. The Morgan fingerprint density at radius 2 is 0.789 bits per heavy atom. The topological polar surface area (TPSA) is 61.0 Å². The molecule has 0 radical (unpaired) electrons. The van der Waals surface area contributed by atoms with Crippen LogP contribution in [0.15, 0.2) is 97.1 Å². The molecule has 0 saturated heterocycles. The van der Waals surface area contributed by atoms with E-state index >= 15 is 0 Å². The zero-order chi connectivity index (χ0) is 26.7. The van der Waals surface area contributed by atoms with Crippen molar-refractivity contribution in [2.45, 2.75) is 25.2 Å². The van der Waals surface area contributed by atoms with Gasteiger partial charge in [0.2, 0.25) is 0 Å². The summed E-state index contributed by atoms with van der Waals surface area (Å²) >= 11 is 0. The van der Waals surface area contributed by atoms with Crippen LogP contribution in [0.2, 0.25) is 0 Å². The molecule has 198 valence electrons.